The molecule has 152 valence electrons. The molecule has 1 heterocycles. The van der Waals surface area contributed by atoms with E-state index in [1.165, 1.54) is 25.1 Å². The van der Waals surface area contributed by atoms with E-state index in [4.69, 9.17) is 11.6 Å². The molecule has 0 aromatic heterocycles. The number of nitrogens with zero attached hydrogens (tertiary/aromatic N) is 3. The Bertz CT molecular complexity index is 588. The molecule has 2 rings (SSSR count). The minimum Gasteiger partial charge on any atom is -0.356 e. The van der Waals surface area contributed by atoms with Gasteiger partial charge in [-0.3, -0.25) is 9.89 Å². The van der Waals surface area contributed by atoms with Gasteiger partial charge in [0.1, 0.15) is 0 Å². The number of rotatable bonds is 9. The molecule has 6 heteroatoms. The Morgan fingerprint density at radius 3 is 2.59 bits per heavy atom. The second-order valence-electron chi connectivity index (χ2n) is 7.14. The molecule has 2 N–H and O–H groups in total. The van der Waals surface area contributed by atoms with Crippen LogP contribution >= 0.6 is 11.6 Å². The maximum atomic E-state index is 6.50. The summed E-state index contributed by atoms with van der Waals surface area (Å²) in [6, 6.07) is 8.36. The Hall–Kier alpha value is -1.30. The zero-order valence-electron chi connectivity index (χ0n) is 17.3. The van der Waals surface area contributed by atoms with E-state index in [-0.39, 0.29) is 6.04 Å². The van der Waals surface area contributed by atoms with Crippen molar-refractivity contribution in [1.82, 2.24) is 20.4 Å². The van der Waals surface area contributed by atoms with Gasteiger partial charge in [-0.2, -0.15) is 0 Å². The summed E-state index contributed by atoms with van der Waals surface area (Å²) in [5, 5.41) is 7.86. The monoisotopic (exact) mass is 393 g/mol. The van der Waals surface area contributed by atoms with Crippen LogP contribution in [0.3, 0.4) is 0 Å². The van der Waals surface area contributed by atoms with Crippen molar-refractivity contribution in [3.63, 3.8) is 0 Å². The van der Waals surface area contributed by atoms with Gasteiger partial charge in [-0.1, -0.05) is 50.6 Å². The molecule has 2 atom stereocenters. The van der Waals surface area contributed by atoms with Crippen LogP contribution in [-0.2, 0) is 0 Å². The number of hydrogen-bond acceptors (Lipinski definition) is 3. The number of likely N-dealkylation sites (tertiary alicyclic amines) is 1. The summed E-state index contributed by atoms with van der Waals surface area (Å²) in [7, 11) is 1.84. The third-order valence-electron chi connectivity index (χ3n) is 5.58. The molecule has 0 amide bonds. The van der Waals surface area contributed by atoms with E-state index in [9.17, 15) is 0 Å². The Morgan fingerprint density at radius 1 is 1.26 bits per heavy atom. The van der Waals surface area contributed by atoms with Gasteiger partial charge in [0.25, 0.3) is 0 Å². The molecular weight excluding hydrogens is 358 g/mol. The number of guanidine groups is 1. The smallest absolute Gasteiger partial charge is 0.191 e. The molecule has 0 radical (unpaired) electrons. The minimum absolute atomic E-state index is 0.217. The molecule has 0 saturated carbocycles. The quantitative estimate of drug-likeness (QED) is 0.499. The van der Waals surface area contributed by atoms with Crippen molar-refractivity contribution in [3.8, 4) is 0 Å². The van der Waals surface area contributed by atoms with Crippen LogP contribution in [-0.4, -0.2) is 68.6 Å². The fourth-order valence-electron chi connectivity index (χ4n) is 3.87. The number of halogens is 1. The molecule has 1 aromatic rings. The van der Waals surface area contributed by atoms with Crippen molar-refractivity contribution >= 4 is 17.6 Å². The van der Waals surface area contributed by atoms with E-state index in [1.54, 1.807) is 0 Å². The van der Waals surface area contributed by atoms with E-state index >= 15 is 0 Å². The van der Waals surface area contributed by atoms with Crippen LogP contribution in [0.15, 0.2) is 29.3 Å². The van der Waals surface area contributed by atoms with E-state index in [0.29, 0.717) is 5.92 Å². The van der Waals surface area contributed by atoms with Crippen molar-refractivity contribution in [3.05, 3.63) is 34.9 Å². The zero-order chi connectivity index (χ0) is 19.6. The van der Waals surface area contributed by atoms with Gasteiger partial charge < -0.3 is 15.5 Å². The third-order valence-corrected chi connectivity index (χ3v) is 5.92. The van der Waals surface area contributed by atoms with Crippen molar-refractivity contribution in [1.29, 1.82) is 0 Å². The van der Waals surface area contributed by atoms with Crippen molar-refractivity contribution in [2.24, 2.45) is 10.9 Å². The average Bonchev–Trinajstić information content (AvgIpc) is 3.16. The first-order valence-corrected chi connectivity index (χ1v) is 10.7. The molecule has 1 aromatic carbocycles. The summed E-state index contributed by atoms with van der Waals surface area (Å²) in [5.74, 6) is 1.57. The maximum absolute atomic E-state index is 6.50. The highest BCUT2D eigenvalue weighted by Crippen LogP contribution is 2.26. The first-order valence-electron chi connectivity index (χ1n) is 10.3. The fraction of sp³-hybridized carbons (Fsp3) is 0.667. The van der Waals surface area contributed by atoms with Gasteiger partial charge in [-0.15, -0.1) is 0 Å². The van der Waals surface area contributed by atoms with Gasteiger partial charge in [0.2, 0.25) is 0 Å². The second-order valence-corrected chi connectivity index (χ2v) is 7.55. The molecule has 0 spiro atoms. The Morgan fingerprint density at radius 2 is 2.00 bits per heavy atom. The van der Waals surface area contributed by atoms with Gasteiger partial charge >= 0.3 is 0 Å². The first-order chi connectivity index (χ1) is 13.1. The predicted octanol–water partition coefficient (Wildman–Crippen LogP) is 3.23. The lowest BCUT2D eigenvalue weighted by molar-refractivity contribution is 0.219. The number of nitrogens with one attached hydrogen (secondary N) is 2. The Labute approximate surface area is 170 Å². The van der Waals surface area contributed by atoms with Crippen LogP contribution in [0, 0.1) is 5.92 Å². The molecule has 1 aliphatic heterocycles. The topological polar surface area (TPSA) is 42.9 Å². The molecule has 1 saturated heterocycles. The zero-order valence-corrected chi connectivity index (χ0v) is 18.1. The fourth-order valence-corrected chi connectivity index (χ4v) is 4.13. The Kier molecular flexibility index (Phi) is 9.39. The molecular formula is C21H36ClN5. The van der Waals surface area contributed by atoms with Crippen LogP contribution in [0.1, 0.15) is 38.8 Å². The average molecular weight is 394 g/mol. The van der Waals surface area contributed by atoms with Gasteiger partial charge in [0, 0.05) is 31.7 Å². The standard InChI is InChI=1S/C21H36ClN5/c1-5-26-13-12-17(16-26)14-24-21(23-4)25-15-20(27(6-2)7-3)18-10-8-9-11-19(18)22/h8-11,17,20H,5-7,12-16H2,1-4H3,(H2,23,24,25). The summed E-state index contributed by atoms with van der Waals surface area (Å²) in [6.07, 6.45) is 1.26. The van der Waals surface area contributed by atoms with E-state index in [2.05, 4.69) is 58.3 Å². The molecule has 1 aliphatic rings. The van der Waals surface area contributed by atoms with Crippen LogP contribution in [0.25, 0.3) is 0 Å². The number of benzene rings is 1. The normalized spacial score (nSPS) is 19.5. The second kappa shape index (κ2) is 11.5. The molecule has 2 unspecified atom stereocenters. The first kappa shape index (κ1) is 22.0. The van der Waals surface area contributed by atoms with Crippen molar-refractivity contribution in [2.75, 3.05) is 52.9 Å². The van der Waals surface area contributed by atoms with Crippen LogP contribution in [0.5, 0.6) is 0 Å². The van der Waals surface area contributed by atoms with E-state index in [1.807, 2.05) is 19.2 Å². The molecule has 27 heavy (non-hydrogen) atoms. The summed E-state index contributed by atoms with van der Waals surface area (Å²) in [4.78, 5) is 9.35. The van der Waals surface area contributed by atoms with Crippen LogP contribution in [0.4, 0.5) is 0 Å². The van der Waals surface area contributed by atoms with Crippen LogP contribution in [0.2, 0.25) is 5.02 Å². The maximum Gasteiger partial charge on any atom is 0.191 e. The van der Waals surface area contributed by atoms with Crippen molar-refractivity contribution < 1.29 is 0 Å². The Balaban J connectivity index is 1.95. The highest BCUT2D eigenvalue weighted by molar-refractivity contribution is 6.31. The molecule has 0 aliphatic carbocycles. The lowest BCUT2D eigenvalue weighted by Gasteiger charge is -2.31. The summed E-state index contributed by atoms with van der Waals surface area (Å²) in [5.41, 5.74) is 1.17. The van der Waals surface area contributed by atoms with Gasteiger partial charge in [-0.05, 0) is 50.1 Å². The highest BCUT2D eigenvalue weighted by atomic mass is 35.5. The minimum atomic E-state index is 0.217. The highest BCUT2D eigenvalue weighted by Gasteiger charge is 2.22. The number of aliphatic imine (C=N–C) groups is 1. The molecule has 5 nitrogen and oxygen atoms in total. The van der Waals surface area contributed by atoms with Crippen LogP contribution < -0.4 is 10.6 Å². The lowest BCUT2D eigenvalue weighted by Crippen LogP contribution is -2.44. The largest absolute Gasteiger partial charge is 0.356 e. The third kappa shape index (κ3) is 6.37. The summed E-state index contributed by atoms with van der Waals surface area (Å²) in [6.45, 7) is 13.9. The SMILES string of the molecule is CCN1CCC(CNC(=NC)NCC(c2ccccc2Cl)N(CC)CC)C1. The predicted molar refractivity (Wildman–Crippen MR) is 117 cm³/mol. The number of likely N-dealkylation sites (N-methyl/N-ethyl adjacent to an activating group) is 1. The summed E-state index contributed by atoms with van der Waals surface area (Å²) >= 11 is 6.50. The van der Waals surface area contributed by atoms with Gasteiger partial charge in [0.15, 0.2) is 5.96 Å². The number of hydrogen-bond donors (Lipinski definition) is 2. The van der Waals surface area contributed by atoms with Gasteiger partial charge in [0.05, 0.1) is 6.04 Å². The van der Waals surface area contributed by atoms with Gasteiger partial charge in [-0.25, -0.2) is 0 Å². The molecule has 0 bridgehead atoms. The van der Waals surface area contributed by atoms with E-state index in [0.717, 1.165) is 43.7 Å². The van der Waals surface area contributed by atoms with Crippen molar-refractivity contribution in [2.45, 2.75) is 33.2 Å². The lowest BCUT2D eigenvalue weighted by atomic mass is 10.0. The summed E-state index contributed by atoms with van der Waals surface area (Å²) < 4.78 is 0. The van der Waals surface area contributed by atoms with E-state index < -0.39 is 0 Å². The molecule has 1 fully saturated rings.